The molecule has 3 aromatic carbocycles. The maximum Gasteiger partial charge on any atom is 0.0610 e. The number of nitrogens with one attached hydrogen (secondary N) is 1. The van der Waals surface area contributed by atoms with Crippen LogP contribution >= 0.6 is 63.7 Å². The topological polar surface area (TPSA) is 38.0 Å². The van der Waals surface area contributed by atoms with E-state index in [0.717, 1.165) is 35.0 Å². The average molecular weight is 644 g/mol. The Morgan fingerprint density at radius 1 is 0.690 bits per heavy atom. The summed E-state index contributed by atoms with van der Waals surface area (Å²) in [5.74, 6) is 0. The van der Waals surface area contributed by atoms with Crippen LogP contribution in [0.3, 0.4) is 0 Å². The Morgan fingerprint density at radius 3 is 1.76 bits per heavy atom. The molecule has 6 heteroatoms. The van der Waals surface area contributed by atoms with Gasteiger partial charge in [0.15, 0.2) is 0 Å². The van der Waals surface area contributed by atoms with Gasteiger partial charge in [-0.15, -0.1) is 0 Å². The average Bonchev–Trinajstić information content (AvgIpc) is 2.67. The first-order chi connectivity index (χ1) is 13.9. The van der Waals surface area contributed by atoms with Crippen LogP contribution in [0.5, 0.6) is 0 Å². The van der Waals surface area contributed by atoms with Gasteiger partial charge in [0, 0.05) is 17.1 Å². The zero-order chi connectivity index (χ0) is 21.2. The van der Waals surface area contributed by atoms with Gasteiger partial charge >= 0.3 is 0 Å². The van der Waals surface area contributed by atoms with Crippen LogP contribution in [-0.2, 0) is 0 Å². The van der Waals surface area contributed by atoms with Crippen molar-refractivity contribution in [3.8, 4) is 0 Å². The van der Waals surface area contributed by atoms with E-state index in [0.29, 0.717) is 0 Å². The Balaban J connectivity index is 0.000000234. The number of rotatable bonds is 4. The second-order valence-electron chi connectivity index (χ2n) is 6.02. The highest BCUT2D eigenvalue weighted by Crippen LogP contribution is 2.27. The third-order valence-electron chi connectivity index (χ3n) is 3.90. The third-order valence-corrected chi connectivity index (χ3v) is 4.82. The number of para-hydroxylation sites is 3. The molecule has 0 unspecified atom stereocenters. The van der Waals surface area contributed by atoms with E-state index >= 15 is 0 Å². The molecule has 0 saturated carbocycles. The fraction of sp³-hybridized carbons (Fsp3) is 0.0435. The van der Waals surface area contributed by atoms with Crippen molar-refractivity contribution in [3.05, 3.63) is 96.3 Å². The number of nitrogens with two attached hydrogens (primary N) is 1. The summed E-state index contributed by atoms with van der Waals surface area (Å²) < 4.78 is 1.82. The van der Waals surface area contributed by atoms with Crippen LogP contribution in [0.25, 0.3) is 12.2 Å². The van der Waals surface area contributed by atoms with Gasteiger partial charge in [0.25, 0.3) is 0 Å². The molecule has 0 fully saturated rings. The van der Waals surface area contributed by atoms with E-state index in [4.69, 9.17) is 5.73 Å². The lowest BCUT2D eigenvalue weighted by Gasteiger charge is -2.11. The van der Waals surface area contributed by atoms with Crippen molar-refractivity contribution < 1.29 is 0 Å². The minimum absolute atomic E-state index is 0.781. The minimum Gasteiger partial charge on any atom is -0.398 e. The summed E-state index contributed by atoms with van der Waals surface area (Å²) >= 11 is 13.3. The molecule has 0 atom stereocenters. The summed E-state index contributed by atoms with van der Waals surface area (Å²) in [4.78, 5) is 0. The number of aryl methyl sites for hydroxylation is 1. The maximum atomic E-state index is 5.68. The van der Waals surface area contributed by atoms with Crippen molar-refractivity contribution in [1.82, 2.24) is 0 Å². The zero-order valence-corrected chi connectivity index (χ0v) is 22.0. The Bertz CT molecular complexity index is 1010. The number of anilines is 3. The maximum absolute atomic E-state index is 5.68. The Kier molecular flexibility index (Phi) is 10.2. The van der Waals surface area contributed by atoms with E-state index in [-0.39, 0.29) is 0 Å². The van der Waals surface area contributed by atoms with Crippen LogP contribution in [-0.4, -0.2) is 0 Å². The standard InChI is InChI=1S/C15H13Br2N.C8H7Br2N/c1-11-6-2-4-8-13(11)18-14-9-5-3-7-12(14)10-15(16)17;9-8(10)5-6-3-1-2-4-7(6)11/h2-10,18H,1H3;1-5H,11H2. The first kappa shape index (κ1) is 23.9. The van der Waals surface area contributed by atoms with Gasteiger partial charge in [0.2, 0.25) is 0 Å². The van der Waals surface area contributed by atoms with Gasteiger partial charge in [0.1, 0.15) is 0 Å². The van der Waals surface area contributed by atoms with Crippen molar-refractivity contribution >= 4 is 92.9 Å². The molecular weight excluding hydrogens is 624 g/mol. The fourth-order valence-electron chi connectivity index (χ4n) is 2.47. The van der Waals surface area contributed by atoms with Gasteiger partial charge in [-0.2, -0.15) is 0 Å². The number of halogens is 4. The SMILES string of the molecule is Cc1ccccc1Nc1ccccc1C=C(Br)Br.Nc1ccccc1C=C(Br)Br. The molecule has 0 heterocycles. The lowest BCUT2D eigenvalue weighted by molar-refractivity contribution is 1.43. The molecule has 2 nitrogen and oxygen atoms in total. The Morgan fingerprint density at radius 2 is 1.17 bits per heavy atom. The third kappa shape index (κ3) is 8.51. The number of benzene rings is 3. The van der Waals surface area contributed by atoms with Crippen LogP contribution < -0.4 is 11.1 Å². The second-order valence-corrected chi connectivity index (χ2v) is 11.6. The van der Waals surface area contributed by atoms with Crippen molar-refractivity contribution in [1.29, 1.82) is 0 Å². The zero-order valence-electron chi connectivity index (χ0n) is 15.7. The highest BCUT2D eigenvalue weighted by Gasteiger charge is 2.02. The molecular formula is C23H20Br4N2. The molecule has 0 bridgehead atoms. The van der Waals surface area contributed by atoms with Crippen molar-refractivity contribution in [3.63, 3.8) is 0 Å². The highest BCUT2D eigenvalue weighted by atomic mass is 79.9. The molecule has 0 amide bonds. The molecule has 0 saturated heterocycles. The molecule has 29 heavy (non-hydrogen) atoms. The minimum atomic E-state index is 0.781. The van der Waals surface area contributed by atoms with Gasteiger partial charge in [-0.1, -0.05) is 54.6 Å². The van der Waals surface area contributed by atoms with Crippen LogP contribution in [0.4, 0.5) is 17.1 Å². The molecule has 3 aromatic rings. The number of hydrogen-bond donors (Lipinski definition) is 2. The van der Waals surface area contributed by atoms with E-state index in [1.165, 1.54) is 5.56 Å². The van der Waals surface area contributed by atoms with Crippen LogP contribution in [0, 0.1) is 6.92 Å². The molecule has 0 spiro atoms. The number of hydrogen-bond acceptors (Lipinski definition) is 2. The molecule has 3 rings (SSSR count). The van der Waals surface area contributed by atoms with E-state index in [1.54, 1.807) is 0 Å². The second kappa shape index (κ2) is 12.4. The molecule has 0 radical (unpaired) electrons. The number of nitrogen functional groups attached to an aromatic ring is 1. The van der Waals surface area contributed by atoms with Gasteiger partial charge in [-0.05, 0) is 118 Å². The predicted octanol–water partition coefficient (Wildman–Crippen LogP) is 9.18. The molecule has 0 aromatic heterocycles. The smallest absolute Gasteiger partial charge is 0.0610 e. The quantitative estimate of drug-likeness (QED) is 0.278. The van der Waals surface area contributed by atoms with E-state index < -0.39 is 0 Å². The lowest BCUT2D eigenvalue weighted by Crippen LogP contribution is -1.94. The van der Waals surface area contributed by atoms with E-state index in [1.807, 2.05) is 60.7 Å². The summed E-state index contributed by atoms with van der Waals surface area (Å²) in [5, 5.41) is 3.46. The molecule has 0 aliphatic carbocycles. The van der Waals surface area contributed by atoms with Gasteiger partial charge in [-0.3, -0.25) is 0 Å². The van der Waals surface area contributed by atoms with Gasteiger partial charge in [0.05, 0.1) is 6.78 Å². The summed E-state index contributed by atoms with van der Waals surface area (Å²) in [6, 6.07) is 24.1. The normalized spacial score (nSPS) is 9.69. The van der Waals surface area contributed by atoms with Crippen LogP contribution in [0.1, 0.15) is 16.7 Å². The van der Waals surface area contributed by atoms with Gasteiger partial charge < -0.3 is 11.1 Å². The first-order valence-electron chi connectivity index (χ1n) is 8.68. The lowest BCUT2D eigenvalue weighted by atomic mass is 10.1. The van der Waals surface area contributed by atoms with E-state index in [2.05, 4.69) is 100 Å². The summed E-state index contributed by atoms with van der Waals surface area (Å²) in [5.41, 5.74) is 12.0. The summed E-state index contributed by atoms with van der Waals surface area (Å²) in [6.07, 6.45) is 3.94. The highest BCUT2D eigenvalue weighted by molar-refractivity contribution is 9.28. The monoisotopic (exact) mass is 640 g/mol. The van der Waals surface area contributed by atoms with Crippen molar-refractivity contribution in [2.24, 2.45) is 0 Å². The molecule has 0 aliphatic rings. The van der Waals surface area contributed by atoms with Crippen LogP contribution in [0.2, 0.25) is 0 Å². The van der Waals surface area contributed by atoms with Crippen molar-refractivity contribution in [2.75, 3.05) is 11.1 Å². The molecule has 3 N–H and O–H groups in total. The molecule has 0 aliphatic heterocycles. The van der Waals surface area contributed by atoms with Crippen molar-refractivity contribution in [2.45, 2.75) is 6.92 Å². The largest absolute Gasteiger partial charge is 0.398 e. The predicted molar refractivity (Wildman–Crippen MR) is 143 cm³/mol. The van der Waals surface area contributed by atoms with Crippen LogP contribution in [0.15, 0.2) is 79.6 Å². The van der Waals surface area contributed by atoms with E-state index in [9.17, 15) is 0 Å². The van der Waals surface area contributed by atoms with Gasteiger partial charge in [-0.25, -0.2) is 0 Å². The molecule has 150 valence electrons. The Hall–Kier alpha value is -1.34. The summed E-state index contributed by atoms with van der Waals surface area (Å²) in [7, 11) is 0. The first-order valence-corrected chi connectivity index (χ1v) is 11.9. The Labute approximate surface area is 205 Å². The summed E-state index contributed by atoms with van der Waals surface area (Å²) in [6.45, 7) is 2.10. The fourth-order valence-corrected chi connectivity index (χ4v) is 3.46.